The van der Waals surface area contributed by atoms with Gasteiger partial charge in [0.25, 0.3) is 10.0 Å². The Morgan fingerprint density at radius 3 is 2.71 bits per heavy atom. The highest BCUT2D eigenvalue weighted by atomic mass is 35.5. The third-order valence-corrected chi connectivity index (χ3v) is 7.21. The molecule has 1 aromatic carbocycles. The second kappa shape index (κ2) is 9.39. The fourth-order valence-corrected chi connectivity index (χ4v) is 5.52. The summed E-state index contributed by atoms with van der Waals surface area (Å²) in [7, 11) is -4.11. The maximum Gasteiger partial charge on any atom is 0.266 e. The molecule has 1 heterocycles. The predicted octanol–water partition coefficient (Wildman–Crippen LogP) is 4.46. The summed E-state index contributed by atoms with van der Waals surface area (Å²) in [6.07, 6.45) is 6.74. The molecule has 3 rings (SSSR count). The van der Waals surface area contributed by atoms with E-state index in [9.17, 15) is 12.8 Å². The lowest BCUT2D eigenvalue weighted by atomic mass is 9.90. The molecule has 0 bridgehead atoms. The Morgan fingerprint density at radius 2 is 2.04 bits per heavy atom. The largest absolute Gasteiger partial charge is 0.379 e. The van der Waals surface area contributed by atoms with E-state index in [1.165, 1.54) is 6.20 Å². The van der Waals surface area contributed by atoms with Gasteiger partial charge in [-0.15, -0.1) is 11.3 Å². The van der Waals surface area contributed by atoms with Gasteiger partial charge in [-0.1, -0.05) is 31.4 Å². The molecule has 1 saturated carbocycles. The Kier molecular flexibility index (Phi) is 7.14. The van der Waals surface area contributed by atoms with Crippen molar-refractivity contribution in [3.05, 3.63) is 34.5 Å². The molecule has 2 aromatic rings. The Morgan fingerprint density at radius 1 is 1.29 bits per heavy atom. The van der Waals surface area contributed by atoms with Crippen LogP contribution in [-0.4, -0.2) is 32.0 Å². The van der Waals surface area contributed by atoms with Crippen molar-refractivity contribution in [1.82, 2.24) is 10.3 Å². The number of nitrogens with zero attached hydrogens (tertiary/aromatic N) is 1. The molecule has 6 nitrogen and oxygen atoms in total. The Balaban J connectivity index is 1.79. The van der Waals surface area contributed by atoms with E-state index in [1.54, 1.807) is 5.38 Å². The fraction of sp³-hybridized carbons (Fsp3) is 0.500. The summed E-state index contributed by atoms with van der Waals surface area (Å²) in [5.41, 5.74) is 0.405. The average Bonchev–Trinajstić information content (AvgIpc) is 3.15. The summed E-state index contributed by atoms with van der Waals surface area (Å²) in [6, 6.07) is 2.70. The molecule has 28 heavy (non-hydrogen) atoms. The standard InChI is InChI=1S/C18H24ClFN4O2S2/c1-2-7-21-14-5-3-4-6-15(14)23-16-11-13(20)17(10-12(16)19)28(25,26)24-18-22-8-9-27-18/h8-11,14-15,21,23H,2-7H2,1H3,(H,22,24)/t14-,15-/m0/s1. The minimum Gasteiger partial charge on any atom is -0.379 e. The van der Waals surface area contributed by atoms with Crippen LogP contribution in [0.4, 0.5) is 15.2 Å². The number of halogens is 2. The molecule has 10 heteroatoms. The normalized spacial score (nSPS) is 20.1. The quantitative estimate of drug-likeness (QED) is 0.557. The van der Waals surface area contributed by atoms with Gasteiger partial charge in [0.2, 0.25) is 0 Å². The van der Waals surface area contributed by atoms with E-state index in [-0.39, 0.29) is 22.2 Å². The number of hydrogen-bond acceptors (Lipinski definition) is 6. The van der Waals surface area contributed by atoms with Crippen molar-refractivity contribution in [2.24, 2.45) is 0 Å². The van der Waals surface area contributed by atoms with Gasteiger partial charge >= 0.3 is 0 Å². The van der Waals surface area contributed by atoms with Gasteiger partial charge in [0.15, 0.2) is 5.13 Å². The fourth-order valence-electron chi connectivity index (χ4n) is 3.37. The molecule has 0 saturated heterocycles. The van der Waals surface area contributed by atoms with Crippen LogP contribution in [0.15, 0.2) is 28.6 Å². The van der Waals surface area contributed by atoms with Crippen LogP contribution in [0.2, 0.25) is 5.02 Å². The molecule has 0 amide bonds. The van der Waals surface area contributed by atoms with Crippen LogP contribution in [0.5, 0.6) is 0 Å². The van der Waals surface area contributed by atoms with Gasteiger partial charge in [-0.05, 0) is 37.9 Å². The molecule has 0 aliphatic heterocycles. The summed E-state index contributed by atoms with van der Waals surface area (Å²) in [5.74, 6) is -0.857. The highest BCUT2D eigenvalue weighted by molar-refractivity contribution is 7.93. The van der Waals surface area contributed by atoms with E-state index >= 15 is 0 Å². The maximum atomic E-state index is 14.7. The average molecular weight is 447 g/mol. The highest BCUT2D eigenvalue weighted by Gasteiger charge is 2.27. The first kappa shape index (κ1) is 21.3. The van der Waals surface area contributed by atoms with E-state index in [1.807, 2.05) is 0 Å². The number of benzene rings is 1. The van der Waals surface area contributed by atoms with E-state index in [2.05, 4.69) is 27.3 Å². The Hall–Kier alpha value is -1.42. The topological polar surface area (TPSA) is 83.1 Å². The first-order valence-corrected chi connectivity index (χ1v) is 12.1. The zero-order chi connectivity index (χ0) is 20.1. The minimum absolute atomic E-state index is 0.119. The van der Waals surface area contributed by atoms with Gasteiger partial charge in [0.05, 0.1) is 10.7 Å². The highest BCUT2D eigenvalue weighted by Crippen LogP contribution is 2.32. The van der Waals surface area contributed by atoms with Gasteiger partial charge in [0, 0.05) is 23.7 Å². The lowest BCUT2D eigenvalue weighted by Crippen LogP contribution is -2.46. The lowest BCUT2D eigenvalue weighted by Gasteiger charge is -2.34. The monoisotopic (exact) mass is 446 g/mol. The number of rotatable bonds is 8. The van der Waals surface area contributed by atoms with Crippen LogP contribution >= 0.6 is 22.9 Å². The van der Waals surface area contributed by atoms with Gasteiger partial charge in [0.1, 0.15) is 10.7 Å². The number of hydrogen-bond donors (Lipinski definition) is 3. The van der Waals surface area contributed by atoms with E-state index < -0.39 is 20.7 Å². The van der Waals surface area contributed by atoms with Gasteiger partial charge in [-0.25, -0.2) is 17.8 Å². The van der Waals surface area contributed by atoms with Gasteiger partial charge < -0.3 is 10.6 Å². The minimum atomic E-state index is -4.11. The van der Waals surface area contributed by atoms with Crippen LogP contribution in [-0.2, 0) is 10.0 Å². The summed E-state index contributed by atoms with van der Waals surface area (Å²) < 4.78 is 41.9. The molecule has 1 aliphatic rings. The van der Waals surface area contributed by atoms with Crippen molar-refractivity contribution in [2.75, 3.05) is 16.6 Å². The van der Waals surface area contributed by atoms with Gasteiger partial charge in [-0.3, -0.25) is 4.72 Å². The van der Waals surface area contributed by atoms with E-state index in [0.29, 0.717) is 5.69 Å². The molecule has 2 atom stereocenters. The third kappa shape index (κ3) is 5.14. The number of aromatic nitrogens is 1. The summed E-state index contributed by atoms with van der Waals surface area (Å²) in [4.78, 5) is 3.36. The third-order valence-electron chi connectivity index (χ3n) is 4.73. The first-order valence-electron chi connectivity index (χ1n) is 9.32. The maximum absolute atomic E-state index is 14.7. The number of anilines is 2. The van der Waals surface area contributed by atoms with Crippen molar-refractivity contribution in [2.45, 2.75) is 56.0 Å². The lowest BCUT2D eigenvalue weighted by molar-refractivity contribution is 0.344. The molecule has 154 valence electrons. The smallest absolute Gasteiger partial charge is 0.266 e. The van der Waals surface area contributed by atoms with Crippen LogP contribution in [0.1, 0.15) is 39.0 Å². The summed E-state index contributed by atoms with van der Waals surface area (Å²) in [5, 5.41) is 8.80. The van der Waals surface area contributed by atoms with Crippen molar-refractivity contribution >= 4 is 43.8 Å². The number of nitrogens with one attached hydrogen (secondary N) is 3. The second-order valence-corrected chi connectivity index (χ2v) is 9.75. The zero-order valence-corrected chi connectivity index (χ0v) is 17.9. The molecule has 0 unspecified atom stereocenters. The Bertz CT molecular complexity index is 893. The second-order valence-electron chi connectivity index (χ2n) is 6.80. The molecular formula is C18H24ClFN4O2S2. The molecule has 1 fully saturated rings. The summed E-state index contributed by atoms with van der Waals surface area (Å²) >= 11 is 7.42. The van der Waals surface area contributed by atoms with Crippen LogP contribution in [0.25, 0.3) is 0 Å². The SMILES string of the molecule is CCCN[C@H]1CCCC[C@@H]1Nc1cc(F)c(S(=O)(=O)Nc2nccs2)cc1Cl. The number of sulfonamides is 1. The molecule has 0 radical (unpaired) electrons. The van der Waals surface area contributed by atoms with Crippen LogP contribution in [0, 0.1) is 5.82 Å². The van der Waals surface area contributed by atoms with Crippen molar-refractivity contribution in [3.8, 4) is 0 Å². The molecule has 3 N–H and O–H groups in total. The van der Waals surface area contributed by atoms with Crippen molar-refractivity contribution < 1.29 is 12.8 Å². The summed E-state index contributed by atoms with van der Waals surface area (Å²) in [6.45, 7) is 3.04. The zero-order valence-electron chi connectivity index (χ0n) is 15.5. The van der Waals surface area contributed by atoms with Crippen molar-refractivity contribution in [1.29, 1.82) is 0 Å². The first-order chi connectivity index (χ1) is 13.4. The van der Waals surface area contributed by atoms with E-state index in [4.69, 9.17) is 11.6 Å². The van der Waals surface area contributed by atoms with Gasteiger partial charge in [-0.2, -0.15) is 0 Å². The van der Waals surface area contributed by atoms with Crippen LogP contribution < -0.4 is 15.4 Å². The number of thiazole rings is 1. The Labute approximate surface area is 174 Å². The molecule has 1 aliphatic carbocycles. The van der Waals surface area contributed by atoms with E-state index in [0.717, 1.165) is 62.1 Å². The molecule has 0 spiro atoms. The van der Waals surface area contributed by atoms with Crippen molar-refractivity contribution in [3.63, 3.8) is 0 Å². The molecule has 1 aromatic heterocycles. The predicted molar refractivity (Wildman–Crippen MR) is 112 cm³/mol. The van der Waals surface area contributed by atoms with Crippen LogP contribution in [0.3, 0.4) is 0 Å². The molecular weight excluding hydrogens is 423 g/mol.